The van der Waals surface area contributed by atoms with Crippen molar-refractivity contribution in [1.82, 2.24) is 14.7 Å². The molecule has 3 aromatic rings. The predicted octanol–water partition coefficient (Wildman–Crippen LogP) is 5.46. The number of aromatic nitrogens is 2. The maximum Gasteiger partial charge on any atom is 0.123 e. The summed E-state index contributed by atoms with van der Waals surface area (Å²) in [6.45, 7) is 4.31. The topological polar surface area (TPSA) is 30.3 Å². The molecule has 1 saturated heterocycles. The summed E-state index contributed by atoms with van der Waals surface area (Å²) in [6, 6.07) is 11.1. The second kappa shape index (κ2) is 9.12. The lowest BCUT2D eigenvalue weighted by Crippen LogP contribution is -2.44. The second-order valence-electron chi connectivity index (χ2n) is 9.67. The van der Waals surface area contributed by atoms with E-state index in [9.17, 15) is 4.39 Å². The lowest BCUT2D eigenvalue weighted by atomic mass is 9.73. The molecule has 32 heavy (non-hydrogen) atoms. The fraction of sp³-hybridized carbons (Fsp3) is 0.500. The number of fused-ring (bicyclic) bond motifs is 1. The molecule has 0 radical (unpaired) electrons. The molecule has 1 aliphatic heterocycles. The van der Waals surface area contributed by atoms with Crippen molar-refractivity contribution in [1.29, 1.82) is 0 Å². The predicted molar refractivity (Wildman–Crippen MR) is 127 cm³/mol. The summed E-state index contributed by atoms with van der Waals surface area (Å²) in [5.74, 6) is 0.573. The van der Waals surface area contributed by atoms with Gasteiger partial charge in [0, 0.05) is 22.4 Å². The Labute approximate surface area is 194 Å². The number of piperidine rings is 1. The Hall–Kier alpha value is -1.95. The maximum absolute atomic E-state index is 13.5. The molecule has 2 fully saturated rings. The third-order valence-corrected chi connectivity index (χ3v) is 7.42. The average molecular weight is 456 g/mol. The van der Waals surface area contributed by atoms with Crippen LogP contribution >= 0.6 is 11.6 Å². The van der Waals surface area contributed by atoms with Gasteiger partial charge in [0.25, 0.3) is 0 Å². The standard InChI is InChI=1S/C26H31ClFN3O/c1-30-11-9-26(10-12-30,22-4-6-24(28)7-5-22)18-32-13-8-20-14-23(27)15-21-16-29-31(25(20)21)17-19-2-3-19/h4-7,14-16,19H,2-3,8-13,17-18H2,1H3. The van der Waals surface area contributed by atoms with Crippen LogP contribution in [0.25, 0.3) is 10.9 Å². The molecule has 1 saturated carbocycles. The zero-order valence-corrected chi connectivity index (χ0v) is 19.5. The van der Waals surface area contributed by atoms with Crippen molar-refractivity contribution in [3.05, 3.63) is 64.6 Å². The van der Waals surface area contributed by atoms with E-state index < -0.39 is 0 Å². The van der Waals surface area contributed by atoms with Gasteiger partial charge in [0.1, 0.15) is 5.82 Å². The highest BCUT2D eigenvalue weighted by molar-refractivity contribution is 6.31. The first-order valence-corrected chi connectivity index (χ1v) is 12.1. The van der Waals surface area contributed by atoms with Gasteiger partial charge in [-0.2, -0.15) is 5.10 Å². The van der Waals surface area contributed by atoms with Crippen molar-refractivity contribution in [2.45, 2.75) is 44.1 Å². The van der Waals surface area contributed by atoms with Gasteiger partial charge in [-0.25, -0.2) is 4.39 Å². The van der Waals surface area contributed by atoms with E-state index in [1.165, 1.54) is 29.5 Å². The quantitative estimate of drug-likeness (QED) is 0.422. The minimum atomic E-state index is -0.189. The molecule has 1 aliphatic carbocycles. The molecule has 0 spiro atoms. The Morgan fingerprint density at radius 2 is 1.91 bits per heavy atom. The molecule has 1 aromatic heterocycles. The van der Waals surface area contributed by atoms with E-state index in [0.717, 1.165) is 55.2 Å². The lowest BCUT2D eigenvalue weighted by molar-refractivity contribution is 0.0513. The molecule has 0 unspecified atom stereocenters. The molecule has 2 aromatic carbocycles. The molecule has 5 rings (SSSR count). The van der Waals surface area contributed by atoms with Crippen LogP contribution in [-0.2, 0) is 23.1 Å². The van der Waals surface area contributed by atoms with Crippen LogP contribution in [0.15, 0.2) is 42.6 Å². The Morgan fingerprint density at radius 1 is 1.16 bits per heavy atom. The largest absolute Gasteiger partial charge is 0.380 e. The fourth-order valence-corrected chi connectivity index (χ4v) is 5.22. The van der Waals surface area contributed by atoms with Crippen molar-refractivity contribution >= 4 is 22.5 Å². The highest BCUT2D eigenvalue weighted by atomic mass is 35.5. The van der Waals surface area contributed by atoms with Gasteiger partial charge < -0.3 is 9.64 Å². The number of hydrogen-bond donors (Lipinski definition) is 0. The molecule has 2 aliphatic rings. The molecule has 6 heteroatoms. The van der Waals surface area contributed by atoms with Crippen LogP contribution in [0, 0.1) is 11.7 Å². The zero-order valence-electron chi connectivity index (χ0n) is 18.7. The van der Waals surface area contributed by atoms with Gasteiger partial charge in [-0.1, -0.05) is 23.7 Å². The first-order chi connectivity index (χ1) is 15.5. The van der Waals surface area contributed by atoms with Gasteiger partial charge in [-0.15, -0.1) is 0 Å². The van der Waals surface area contributed by atoms with Gasteiger partial charge in [0.05, 0.1) is 24.9 Å². The Morgan fingerprint density at radius 3 is 2.62 bits per heavy atom. The summed E-state index contributed by atoms with van der Waals surface area (Å²) in [4.78, 5) is 2.35. The molecule has 0 amide bonds. The van der Waals surface area contributed by atoms with Crippen LogP contribution < -0.4 is 0 Å². The molecule has 0 atom stereocenters. The van der Waals surface area contributed by atoms with E-state index in [1.807, 2.05) is 24.4 Å². The van der Waals surface area contributed by atoms with Crippen molar-refractivity contribution in [2.75, 3.05) is 33.4 Å². The van der Waals surface area contributed by atoms with Crippen LogP contribution in [0.4, 0.5) is 4.39 Å². The third-order valence-electron chi connectivity index (χ3n) is 7.20. The highest BCUT2D eigenvalue weighted by Gasteiger charge is 2.35. The smallest absolute Gasteiger partial charge is 0.123 e. The normalized spacial score (nSPS) is 19.0. The number of nitrogens with zero attached hydrogens (tertiary/aromatic N) is 3. The maximum atomic E-state index is 13.5. The second-order valence-corrected chi connectivity index (χ2v) is 10.1. The monoisotopic (exact) mass is 455 g/mol. The van der Waals surface area contributed by atoms with Gasteiger partial charge in [-0.05, 0) is 93.6 Å². The SMILES string of the molecule is CN1CCC(COCCc2cc(Cl)cc3cnn(CC4CC4)c23)(c2ccc(F)cc2)CC1. The zero-order chi connectivity index (χ0) is 22.1. The summed E-state index contributed by atoms with van der Waals surface area (Å²) in [7, 11) is 2.16. The number of halogens is 2. The van der Waals surface area contributed by atoms with Crippen molar-refractivity contribution in [3.8, 4) is 0 Å². The third kappa shape index (κ3) is 4.70. The van der Waals surface area contributed by atoms with Crippen LogP contribution in [-0.4, -0.2) is 48.0 Å². The lowest BCUT2D eigenvalue weighted by Gasteiger charge is -2.41. The Kier molecular flexibility index (Phi) is 6.24. The van der Waals surface area contributed by atoms with E-state index >= 15 is 0 Å². The molecule has 0 bridgehead atoms. The highest BCUT2D eigenvalue weighted by Crippen LogP contribution is 2.36. The molecule has 170 valence electrons. The first kappa shape index (κ1) is 21.9. The number of benzene rings is 2. The van der Waals surface area contributed by atoms with E-state index in [2.05, 4.69) is 27.8 Å². The summed E-state index contributed by atoms with van der Waals surface area (Å²) in [5, 5.41) is 6.48. The summed E-state index contributed by atoms with van der Waals surface area (Å²) < 4.78 is 22.0. The fourth-order valence-electron chi connectivity index (χ4n) is 4.97. The van der Waals surface area contributed by atoms with Crippen molar-refractivity contribution in [3.63, 3.8) is 0 Å². The Balaban J connectivity index is 1.29. The van der Waals surface area contributed by atoms with E-state index in [1.54, 1.807) is 12.1 Å². The molecule has 2 heterocycles. The van der Waals surface area contributed by atoms with E-state index in [-0.39, 0.29) is 11.2 Å². The summed E-state index contributed by atoms with van der Waals surface area (Å²) in [5.41, 5.74) is 3.51. The van der Waals surface area contributed by atoms with Crippen LogP contribution in [0.1, 0.15) is 36.8 Å². The molecular weight excluding hydrogens is 425 g/mol. The van der Waals surface area contributed by atoms with Crippen molar-refractivity contribution < 1.29 is 9.13 Å². The van der Waals surface area contributed by atoms with Crippen LogP contribution in [0.5, 0.6) is 0 Å². The first-order valence-electron chi connectivity index (χ1n) is 11.7. The van der Waals surface area contributed by atoms with Gasteiger partial charge in [0.15, 0.2) is 0 Å². The van der Waals surface area contributed by atoms with E-state index in [4.69, 9.17) is 16.3 Å². The van der Waals surface area contributed by atoms with Gasteiger partial charge in [0.2, 0.25) is 0 Å². The number of hydrogen-bond acceptors (Lipinski definition) is 3. The molecule has 0 N–H and O–H groups in total. The summed E-state index contributed by atoms with van der Waals surface area (Å²) in [6.07, 6.45) is 7.36. The summed E-state index contributed by atoms with van der Waals surface area (Å²) >= 11 is 6.40. The molecule has 4 nitrogen and oxygen atoms in total. The van der Waals surface area contributed by atoms with E-state index in [0.29, 0.717) is 13.2 Å². The minimum Gasteiger partial charge on any atom is -0.380 e. The average Bonchev–Trinajstić information content (AvgIpc) is 3.52. The van der Waals surface area contributed by atoms with Crippen LogP contribution in [0.2, 0.25) is 5.02 Å². The number of likely N-dealkylation sites (tertiary alicyclic amines) is 1. The number of ether oxygens (including phenoxy) is 1. The van der Waals surface area contributed by atoms with Gasteiger partial charge in [-0.3, -0.25) is 4.68 Å². The van der Waals surface area contributed by atoms with Crippen molar-refractivity contribution in [2.24, 2.45) is 5.92 Å². The van der Waals surface area contributed by atoms with Crippen LogP contribution in [0.3, 0.4) is 0 Å². The Bertz CT molecular complexity index is 1070. The number of rotatable bonds is 8. The van der Waals surface area contributed by atoms with Gasteiger partial charge >= 0.3 is 0 Å². The molecular formula is C26H31ClFN3O. The minimum absolute atomic E-state index is 0.0579.